The third-order valence-corrected chi connectivity index (χ3v) is 2.89. The molecular weight excluding hydrogens is 214 g/mol. The van der Waals surface area contributed by atoms with Gasteiger partial charge in [-0.15, -0.1) is 0 Å². The molecular formula is C10H12ClN3O. The highest BCUT2D eigenvalue weighted by Crippen LogP contribution is 2.33. The van der Waals surface area contributed by atoms with Gasteiger partial charge in [-0.05, 0) is 24.6 Å². The standard InChI is InChI=1S/C10H12ClN3O/c11-6-1-2-7(12)9(5-6)14-4-3-8(14)10(13)15/h1-2,5,8H,3-4,12H2,(H2,13,15). The maximum absolute atomic E-state index is 11.1. The number of carbonyl (C=O) groups is 1. The molecule has 1 saturated heterocycles. The van der Waals surface area contributed by atoms with Crippen molar-refractivity contribution in [1.29, 1.82) is 0 Å². The number of nitrogen functional groups attached to an aromatic ring is 1. The average molecular weight is 226 g/mol. The van der Waals surface area contributed by atoms with Gasteiger partial charge in [-0.2, -0.15) is 0 Å². The second-order valence-corrected chi connectivity index (χ2v) is 4.04. The number of nitrogens with two attached hydrogens (primary N) is 2. The molecule has 1 amide bonds. The highest BCUT2D eigenvalue weighted by atomic mass is 35.5. The number of carbonyl (C=O) groups excluding carboxylic acids is 1. The number of halogens is 1. The zero-order valence-corrected chi connectivity index (χ0v) is 8.87. The van der Waals surface area contributed by atoms with Crippen LogP contribution in [0.2, 0.25) is 5.02 Å². The number of nitrogens with zero attached hydrogens (tertiary/aromatic N) is 1. The Bertz CT molecular complexity index is 408. The lowest BCUT2D eigenvalue weighted by atomic mass is 10.0. The van der Waals surface area contributed by atoms with E-state index in [4.69, 9.17) is 23.1 Å². The molecule has 0 radical (unpaired) electrons. The Hall–Kier alpha value is -1.42. The molecule has 4 N–H and O–H groups in total. The van der Waals surface area contributed by atoms with Gasteiger partial charge in [-0.3, -0.25) is 4.79 Å². The van der Waals surface area contributed by atoms with Gasteiger partial charge in [0, 0.05) is 11.6 Å². The second kappa shape index (κ2) is 3.62. The van der Waals surface area contributed by atoms with Crippen LogP contribution >= 0.6 is 11.6 Å². The first-order valence-corrected chi connectivity index (χ1v) is 5.08. The fraction of sp³-hybridized carbons (Fsp3) is 0.300. The van der Waals surface area contributed by atoms with Crippen LogP contribution in [0.3, 0.4) is 0 Å². The quantitative estimate of drug-likeness (QED) is 0.738. The monoisotopic (exact) mass is 225 g/mol. The molecule has 1 unspecified atom stereocenters. The van der Waals surface area contributed by atoms with Crippen molar-refractivity contribution in [2.75, 3.05) is 17.2 Å². The average Bonchev–Trinajstić information content (AvgIpc) is 2.08. The van der Waals surface area contributed by atoms with Gasteiger partial charge in [0.15, 0.2) is 0 Å². The van der Waals surface area contributed by atoms with Crippen molar-refractivity contribution in [3.63, 3.8) is 0 Å². The Balaban J connectivity index is 2.30. The first-order valence-electron chi connectivity index (χ1n) is 4.70. The van der Waals surface area contributed by atoms with Gasteiger partial charge >= 0.3 is 0 Å². The molecule has 1 atom stereocenters. The number of anilines is 2. The predicted molar refractivity (Wildman–Crippen MR) is 60.8 cm³/mol. The highest BCUT2D eigenvalue weighted by molar-refractivity contribution is 6.31. The van der Waals surface area contributed by atoms with E-state index >= 15 is 0 Å². The summed E-state index contributed by atoms with van der Waals surface area (Å²) in [6, 6.07) is 4.96. The van der Waals surface area contributed by atoms with Crippen LogP contribution in [0.25, 0.3) is 0 Å². The van der Waals surface area contributed by atoms with Crippen LogP contribution in [0.15, 0.2) is 18.2 Å². The highest BCUT2D eigenvalue weighted by Gasteiger charge is 2.33. The van der Waals surface area contributed by atoms with Crippen molar-refractivity contribution < 1.29 is 4.79 Å². The third-order valence-electron chi connectivity index (χ3n) is 2.65. The molecule has 0 aliphatic carbocycles. The van der Waals surface area contributed by atoms with E-state index in [-0.39, 0.29) is 11.9 Å². The number of amides is 1. The van der Waals surface area contributed by atoms with Crippen LogP contribution in [-0.4, -0.2) is 18.5 Å². The molecule has 5 heteroatoms. The van der Waals surface area contributed by atoms with Crippen LogP contribution in [0, 0.1) is 0 Å². The van der Waals surface area contributed by atoms with Gasteiger partial charge < -0.3 is 16.4 Å². The largest absolute Gasteiger partial charge is 0.397 e. The van der Waals surface area contributed by atoms with Crippen LogP contribution in [-0.2, 0) is 4.79 Å². The zero-order valence-electron chi connectivity index (χ0n) is 8.11. The minimum atomic E-state index is -0.319. The Kier molecular flexibility index (Phi) is 2.44. The molecule has 0 bridgehead atoms. The molecule has 2 rings (SSSR count). The van der Waals surface area contributed by atoms with E-state index in [0.29, 0.717) is 10.7 Å². The zero-order chi connectivity index (χ0) is 11.0. The maximum atomic E-state index is 11.1. The van der Waals surface area contributed by atoms with Crippen LogP contribution in [0.4, 0.5) is 11.4 Å². The number of rotatable bonds is 2. The SMILES string of the molecule is NC(=O)C1CCN1c1cc(Cl)ccc1N. The van der Waals surface area contributed by atoms with Crippen LogP contribution in [0.1, 0.15) is 6.42 Å². The smallest absolute Gasteiger partial charge is 0.240 e. The van der Waals surface area contributed by atoms with Gasteiger partial charge in [0.05, 0.1) is 11.4 Å². The molecule has 4 nitrogen and oxygen atoms in total. The summed E-state index contributed by atoms with van der Waals surface area (Å²) in [6.45, 7) is 0.790. The summed E-state index contributed by atoms with van der Waals surface area (Å²) in [5.74, 6) is -0.319. The molecule has 1 aromatic carbocycles. The summed E-state index contributed by atoms with van der Waals surface area (Å²) in [7, 11) is 0. The molecule has 1 aliphatic rings. The molecule has 1 heterocycles. The summed E-state index contributed by atoms with van der Waals surface area (Å²) in [4.78, 5) is 12.9. The fourth-order valence-corrected chi connectivity index (χ4v) is 1.90. The Morgan fingerprint density at radius 2 is 2.27 bits per heavy atom. The summed E-state index contributed by atoms with van der Waals surface area (Å²) in [5.41, 5.74) is 12.5. The molecule has 1 aromatic rings. The van der Waals surface area contributed by atoms with E-state index in [1.165, 1.54) is 0 Å². The molecule has 15 heavy (non-hydrogen) atoms. The van der Waals surface area contributed by atoms with Crippen molar-refractivity contribution in [2.45, 2.75) is 12.5 Å². The van der Waals surface area contributed by atoms with Crippen LogP contribution in [0.5, 0.6) is 0 Å². The first kappa shape index (κ1) is 10.1. The Labute approximate surface area is 92.8 Å². The molecule has 0 saturated carbocycles. The van der Waals surface area contributed by atoms with Gasteiger partial charge in [0.1, 0.15) is 6.04 Å². The lowest BCUT2D eigenvalue weighted by molar-refractivity contribution is -0.120. The van der Waals surface area contributed by atoms with Gasteiger partial charge in [-0.25, -0.2) is 0 Å². The van der Waals surface area contributed by atoms with Gasteiger partial charge in [0.25, 0.3) is 0 Å². The van der Waals surface area contributed by atoms with Crippen molar-refractivity contribution in [2.24, 2.45) is 5.73 Å². The van der Waals surface area contributed by atoms with E-state index in [2.05, 4.69) is 0 Å². The maximum Gasteiger partial charge on any atom is 0.240 e. The summed E-state index contributed by atoms with van der Waals surface area (Å²) in [6.07, 6.45) is 0.779. The van der Waals surface area contributed by atoms with E-state index in [0.717, 1.165) is 18.7 Å². The molecule has 1 aliphatic heterocycles. The minimum Gasteiger partial charge on any atom is -0.397 e. The number of hydrogen-bond donors (Lipinski definition) is 2. The third kappa shape index (κ3) is 1.72. The van der Waals surface area contributed by atoms with E-state index in [1.807, 2.05) is 4.90 Å². The van der Waals surface area contributed by atoms with Crippen molar-refractivity contribution in [3.8, 4) is 0 Å². The van der Waals surface area contributed by atoms with Gasteiger partial charge in [0.2, 0.25) is 5.91 Å². The second-order valence-electron chi connectivity index (χ2n) is 3.60. The summed E-state index contributed by atoms with van der Waals surface area (Å²) in [5, 5.41) is 0.606. The number of hydrogen-bond acceptors (Lipinski definition) is 3. The number of primary amides is 1. The van der Waals surface area contributed by atoms with Crippen LogP contribution < -0.4 is 16.4 Å². The lowest BCUT2D eigenvalue weighted by Gasteiger charge is -2.41. The van der Waals surface area contributed by atoms with E-state index in [9.17, 15) is 4.79 Å². The lowest BCUT2D eigenvalue weighted by Crippen LogP contribution is -2.55. The number of benzene rings is 1. The minimum absolute atomic E-state index is 0.245. The molecule has 0 aromatic heterocycles. The Morgan fingerprint density at radius 1 is 1.53 bits per heavy atom. The van der Waals surface area contributed by atoms with E-state index < -0.39 is 0 Å². The van der Waals surface area contributed by atoms with Crippen molar-refractivity contribution >= 4 is 28.9 Å². The van der Waals surface area contributed by atoms with Crippen molar-refractivity contribution in [3.05, 3.63) is 23.2 Å². The molecule has 1 fully saturated rings. The summed E-state index contributed by atoms with van der Waals surface area (Å²) >= 11 is 5.87. The first-order chi connectivity index (χ1) is 7.09. The van der Waals surface area contributed by atoms with Gasteiger partial charge in [-0.1, -0.05) is 11.6 Å². The topological polar surface area (TPSA) is 72.4 Å². The Morgan fingerprint density at radius 3 is 2.80 bits per heavy atom. The van der Waals surface area contributed by atoms with Crippen molar-refractivity contribution in [1.82, 2.24) is 0 Å². The summed E-state index contributed by atoms with van der Waals surface area (Å²) < 4.78 is 0. The molecule has 80 valence electrons. The normalized spacial score (nSPS) is 19.8. The fourth-order valence-electron chi connectivity index (χ4n) is 1.74. The molecule has 0 spiro atoms. The van der Waals surface area contributed by atoms with E-state index in [1.54, 1.807) is 18.2 Å². The predicted octanol–water partition coefficient (Wildman–Crippen LogP) is 0.986.